The predicted octanol–water partition coefficient (Wildman–Crippen LogP) is 2.63. The Hall–Kier alpha value is -0.710. The molecule has 0 spiro atoms. The van der Waals surface area contributed by atoms with Crippen molar-refractivity contribution in [2.24, 2.45) is 11.8 Å². The van der Waals surface area contributed by atoms with Crippen molar-refractivity contribution in [3.63, 3.8) is 0 Å². The van der Waals surface area contributed by atoms with Crippen molar-refractivity contribution in [2.75, 3.05) is 5.75 Å². The van der Waals surface area contributed by atoms with Gasteiger partial charge in [0.25, 0.3) is 0 Å². The number of rotatable bonds is 4. The highest BCUT2D eigenvalue weighted by atomic mass is 32.2. The Morgan fingerprint density at radius 2 is 1.90 bits per heavy atom. The summed E-state index contributed by atoms with van der Waals surface area (Å²) in [6.45, 7) is 10.3. The van der Waals surface area contributed by atoms with E-state index in [2.05, 4.69) is 19.2 Å². The first kappa shape index (κ1) is 16.7. The fourth-order valence-electron chi connectivity index (χ4n) is 2.64. The maximum atomic E-state index is 12.6. The molecule has 0 aromatic heterocycles. The van der Waals surface area contributed by atoms with Crippen LogP contribution < -0.4 is 5.32 Å². The first-order valence-electron chi connectivity index (χ1n) is 7.95. The third kappa shape index (κ3) is 4.38. The van der Waals surface area contributed by atoms with Gasteiger partial charge in [-0.1, -0.05) is 13.8 Å². The van der Waals surface area contributed by atoms with Crippen LogP contribution in [0.5, 0.6) is 0 Å². The van der Waals surface area contributed by atoms with E-state index in [9.17, 15) is 9.59 Å². The molecule has 21 heavy (non-hydrogen) atoms. The zero-order valence-corrected chi connectivity index (χ0v) is 14.6. The molecule has 0 radical (unpaired) electrons. The molecule has 2 amide bonds. The number of amides is 2. The third-order valence-corrected chi connectivity index (χ3v) is 5.06. The van der Waals surface area contributed by atoms with Gasteiger partial charge in [-0.25, -0.2) is 0 Å². The van der Waals surface area contributed by atoms with Gasteiger partial charge in [0.1, 0.15) is 6.04 Å². The summed E-state index contributed by atoms with van der Waals surface area (Å²) >= 11 is 1.76. The molecule has 2 rings (SSSR count). The van der Waals surface area contributed by atoms with Crippen LogP contribution in [-0.2, 0) is 9.59 Å². The van der Waals surface area contributed by atoms with Crippen molar-refractivity contribution in [3.8, 4) is 0 Å². The molecule has 0 aromatic carbocycles. The molecule has 1 heterocycles. The quantitative estimate of drug-likeness (QED) is 0.868. The zero-order chi connectivity index (χ0) is 15.8. The molecule has 4 nitrogen and oxygen atoms in total. The van der Waals surface area contributed by atoms with E-state index in [4.69, 9.17) is 0 Å². The molecule has 1 aliphatic heterocycles. The van der Waals surface area contributed by atoms with Gasteiger partial charge < -0.3 is 10.2 Å². The van der Waals surface area contributed by atoms with Gasteiger partial charge in [0.2, 0.25) is 11.8 Å². The number of nitrogens with one attached hydrogen (secondary N) is 1. The number of carbonyl (C=O) groups is 2. The second-order valence-electron chi connectivity index (χ2n) is 7.69. The lowest BCUT2D eigenvalue weighted by Crippen LogP contribution is -2.54. The molecule has 1 saturated heterocycles. The third-order valence-electron chi connectivity index (χ3n) is 3.75. The van der Waals surface area contributed by atoms with Crippen LogP contribution in [0.15, 0.2) is 0 Å². The van der Waals surface area contributed by atoms with E-state index >= 15 is 0 Å². The van der Waals surface area contributed by atoms with E-state index in [1.165, 1.54) is 0 Å². The van der Waals surface area contributed by atoms with Crippen LogP contribution in [0.3, 0.4) is 0 Å². The molecule has 0 bridgehead atoms. The number of nitrogens with zero attached hydrogens (tertiary/aromatic N) is 1. The largest absolute Gasteiger partial charge is 0.350 e. The number of carbonyl (C=O) groups excluding carboxylic acids is 2. The Morgan fingerprint density at radius 3 is 2.38 bits per heavy atom. The van der Waals surface area contributed by atoms with E-state index < -0.39 is 0 Å². The summed E-state index contributed by atoms with van der Waals surface area (Å²) < 4.78 is 0. The van der Waals surface area contributed by atoms with Crippen molar-refractivity contribution in [2.45, 2.75) is 70.8 Å². The van der Waals surface area contributed by atoms with E-state index in [1.807, 2.05) is 25.7 Å². The van der Waals surface area contributed by atoms with E-state index in [-0.39, 0.29) is 34.7 Å². The van der Waals surface area contributed by atoms with Gasteiger partial charge in [-0.2, -0.15) is 0 Å². The normalized spacial score (nSPS) is 26.3. The fraction of sp³-hybridized carbons (Fsp3) is 0.875. The molecule has 2 aliphatic rings. The van der Waals surface area contributed by atoms with Crippen LogP contribution in [0, 0.1) is 11.8 Å². The van der Waals surface area contributed by atoms with Crippen molar-refractivity contribution in [3.05, 3.63) is 0 Å². The highest BCUT2D eigenvalue weighted by Gasteiger charge is 2.46. The summed E-state index contributed by atoms with van der Waals surface area (Å²) in [7, 11) is 0. The van der Waals surface area contributed by atoms with E-state index in [0.29, 0.717) is 5.92 Å². The van der Waals surface area contributed by atoms with Gasteiger partial charge in [-0.15, -0.1) is 11.8 Å². The van der Waals surface area contributed by atoms with Gasteiger partial charge in [0.05, 0.1) is 5.37 Å². The second-order valence-corrected chi connectivity index (χ2v) is 8.90. The molecule has 2 atom stereocenters. The average molecular weight is 312 g/mol. The van der Waals surface area contributed by atoms with Crippen LogP contribution >= 0.6 is 11.8 Å². The highest BCUT2D eigenvalue weighted by molar-refractivity contribution is 8.00. The van der Waals surface area contributed by atoms with Gasteiger partial charge in [-0.3, -0.25) is 9.59 Å². The van der Waals surface area contributed by atoms with Crippen LogP contribution in [0.4, 0.5) is 0 Å². The Balaban J connectivity index is 2.11. The smallest absolute Gasteiger partial charge is 0.244 e. The molecule has 2 fully saturated rings. The van der Waals surface area contributed by atoms with Crippen molar-refractivity contribution >= 4 is 23.6 Å². The molecule has 0 aromatic rings. The number of hydrogen-bond donors (Lipinski definition) is 1. The molecular formula is C16H28N2O2S. The predicted molar refractivity (Wildman–Crippen MR) is 87.0 cm³/mol. The first-order chi connectivity index (χ1) is 9.69. The molecule has 1 N–H and O–H groups in total. The highest BCUT2D eigenvalue weighted by Crippen LogP contribution is 2.39. The summed E-state index contributed by atoms with van der Waals surface area (Å²) in [6, 6.07) is -0.300. The number of hydrogen-bond acceptors (Lipinski definition) is 3. The van der Waals surface area contributed by atoms with E-state index in [1.54, 1.807) is 11.8 Å². The molecular weight excluding hydrogens is 284 g/mol. The van der Waals surface area contributed by atoms with Gasteiger partial charge >= 0.3 is 0 Å². The number of thioether (sulfide) groups is 1. The summed E-state index contributed by atoms with van der Waals surface area (Å²) in [6.07, 6.45) is 2.94. The molecule has 2 unspecified atom stereocenters. The lowest BCUT2D eigenvalue weighted by atomic mass is 10.1. The molecule has 5 heteroatoms. The first-order valence-corrected chi connectivity index (χ1v) is 8.99. The topological polar surface area (TPSA) is 49.4 Å². The second kappa shape index (κ2) is 6.19. The lowest BCUT2D eigenvalue weighted by molar-refractivity contribution is -0.141. The minimum Gasteiger partial charge on any atom is -0.350 e. The minimum absolute atomic E-state index is 0.00439. The zero-order valence-electron chi connectivity index (χ0n) is 13.8. The summed E-state index contributed by atoms with van der Waals surface area (Å²) in [5.74, 6) is 1.61. The van der Waals surface area contributed by atoms with Crippen LogP contribution in [0.1, 0.15) is 53.9 Å². The Bertz CT molecular complexity index is 413. The van der Waals surface area contributed by atoms with Crippen LogP contribution in [0.2, 0.25) is 0 Å². The van der Waals surface area contributed by atoms with Crippen molar-refractivity contribution in [1.29, 1.82) is 0 Å². The Kier molecular flexibility index (Phi) is 4.91. The Morgan fingerprint density at radius 1 is 1.29 bits per heavy atom. The summed E-state index contributed by atoms with van der Waals surface area (Å²) in [4.78, 5) is 27.0. The van der Waals surface area contributed by atoms with Crippen LogP contribution in [-0.4, -0.2) is 39.4 Å². The Labute approximate surface area is 132 Å². The molecule has 120 valence electrons. The fourth-order valence-corrected chi connectivity index (χ4v) is 4.29. The standard InChI is InChI=1S/C16H28N2O2S/c1-10(2)8-13-18(15(20)11-6-7-11)12(9-21-13)14(19)17-16(3,4)5/h10-13H,6-9H2,1-5H3,(H,17,19). The maximum Gasteiger partial charge on any atom is 0.244 e. The summed E-state index contributed by atoms with van der Waals surface area (Å²) in [5.41, 5.74) is -0.258. The summed E-state index contributed by atoms with van der Waals surface area (Å²) in [5, 5.41) is 3.19. The van der Waals surface area contributed by atoms with Crippen molar-refractivity contribution in [1.82, 2.24) is 10.2 Å². The molecule has 1 saturated carbocycles. The van der Waals surface area contributed by atoms with E-state index in [0.717, 1.165) is 25.0 Å². The van der Waals surface area contributed by atoms with Gasteiger partial charge in [0.15, 0.2) is 0 Å². The minimum atomic E-state index is -0.300. The SMILES string of the molecule is CC(C)CC1SCC(C(=O)NC(C)(C)C)N1C(=O)C1CC1. The van der Waals surface area contributed by atoms with Gasteiger partial charge in [-0.05, 0) is 46.0 Å². The maximum absolute atomic E-state index is 12.6. The van der Waals surface area contributed by atoms with Crippen molar-refractivity contribution < 1.29 is 9.59 Å². The average Bonchev–Trinajstić information content (AvgIpc) is 3.07. The lowest BCUT2D eigenvalue weighted by Gasteiger charge is -2.32. The van der Waals surface area contributed by atoms with Gasteiger partial charge in [0, 0.05) is 17.2 Å². The monoisotopic (exact) mass is 312 g/mol. The molecule has 1 aliphatic carbocycles. The van der Waals surface area contributed by atoms with Crippen LogP contribution in [0.25, 0.3) is 0 Å².